The molecule has 1 aliphatic rings. The first-order valence-corrected chi connectivity index (χ1v) is 9.00. The minimum Gasteiger partial charge on any atom is -0.468 e. The largest absolute Gasteiger partial charge is 0.468 e. The Bertz CT molecular complexity index is 704. The van der Waals surface area contributed by atoms with E-state index in [0.29, 0.717) is 12.1 Å². The minimum atomic E-state index is -0.0891. The fraction of sp³-hybridized carbons (Fsp3) is 0.400. The Kier molecular flexibility index (Phi) is 6.44. The van der Waals surface area contributed by atoms with Crippen LogP contribution in [0, 0.1) is 0 Å². The van der Waals surface area contributed by atoms with Crippen LogP contribution in [-0.2, 0) is 4.84 Å². The quantitative estimate of drug-likeness (QED) is 0.612. The molecule has 1 atom stereocenters. The van der Waals surface area contributed by atoms with Gasteiger partial charge in [0.1, 0.15) is 12.9 Å². The molecular formula is C20H25N3O3. The highest BCUT2D eigenvalue weighted by atomic mass is 16.6. The standard InChI is InChI=1S/C20H25N3O3/c1-25-22-14-16-7-9-17(10-8-16)20(24)21-15-18(19-6-5-13-26-19)23-11-3-2-4-12-23/h5-10,13-14,18H,2-4,11-12,15H2,1H3,(H,21,24)/b22-14+. The van der Waals surface area contributed by atoms with Gasteiger partial charge in [-0.2, -0.15) is 0 Å². The Morgan fingerprint density at radius 2 is 2.04 bits per heavy atom. The van der Waals surface area contributed by atoms with Crippen molar-refractivity contribution in [1.82, 2.24) is 10.2 Å². The second-order valence-electron chi connectivity index (χ2n) is 6.38. The maximum Gasteiger partial charge on any atom is 0.251 e. The number of hydrogen-bond acceptors (Lipinski definition) is 5. The molecule has 0 spiro atoms. The Balaban J connectivity index is 1.62. The predicted octanol–water partition coefficient (Wildman–Crippen LogP) is 3.22. The molecule has 1 aromatic heterocycles. The molecule has 26 heavy (non-hydrogen) atoms. The molecule has 1 saturated heterocycles. The first-order valence-electron chi connectivity index (χ1n) is 9.00. The van der Waals surface area contributed by atoms with Crippen molar-refractivity contribution in [3.63, 3.8) is 0 Å². The molecule has 0 radical (unpaired) electrons. The summed E-state index contributed by atoms with van der Waals surface area (Å²) in [5.74, 6) is 0.812. The van der Waals surface area contributed by atoms with Crippen LogP contribution in [0.3, 0.4) is 0 Å². The summed E-state index contributed by atoms with van der Waals surface area (Å²) in [6, 6.07) is 11.2. The molecule has 2 aromatic rings. The monoisotopic (exact) mass is 355 g/mol. The summed E-state index contributed by atoms with van der Waals surface area (Å²) in [4.78, 5) is 19.6. The van der Waals surface area contributed by atoms with E-state index in [1.54, 1.807) is 24.6 Å². The van der Waals surface area contributed by atoms with E-state index >= 15 is 0 Å². The molecule has 1 aromatic carbocycles. The lowest BCUT2D eigenvalue weighted by molar-refractivity contribution is 0.0914. The fourth-order valence-electron chi connectivity index (χ4n) is 3.25. The summed E-state index contributed by atoms with van der Waals surface area (Å²) in [5, 5.41) is 6.76. The van der Waals surface area contributed by atoms with Gasteiger partial charge in [-0.1, -0.05) is 23.7 Å². The second kappa shape index (κ2) is 9.20. The Hall–Kier alpha value is -2.60. The van der Waals surface area contributed by atoms with Gasteiger partial charge in [0.2, 0.25) is 0 Å². The van der Waals surface area contributed by atoms with Crippen LogP contribution in [0.2, 0.25) is 0 Å². The molecule has 1 unspecified atom stereocenters. The molecular weight excluding hydrogens is 330 g/mol. The topological polar surface area (TPSA) is 67.1 Å². The summed E-state index contributed by atoms with van der Waals surface area (Å²) in [6.45, 7) is 2.60. The SMILES string of the molecule is CO/N=C/c1ccc(C(=O)NCC(c2ccco2)N2CCCCC2)cc1. The van der Waals surface area contributed by atoms with E-state index in [1.165, 1.54) is 26.4 Å². The second-order valence-corrected chi connectivity index (χ2v) is 6.38. The van der Waals surface area contributed by atoms with Crippen LogP contribution >= 0.6 is 0 Å². The van der Waals surface area contributed by atoms with Crippen LogP contribution in [0.1, 0.15) is 47.0 Å². The van der Waals surface area contributed by atoms with Crippen molar-refractivity contribution >= 4 is 12.1 Å². The van der Waals surface area contributed by atoms with Gasteiger partial charge in [-0.3, -0.25) is 9.69 Å². The summed E-state index contributed by atoms with van der Waals surface area (Å²) < 4.78 is 5.62. The Labute approximate surface area is 153 Å². The number of nitrogens with zero attached hydrogens (tertiary/aromatic N) is 2. The lowest BCUT2D eigenvalue weighted by atomic mass is 10.1. The smallest absolute Gasteiger partial charge is 0.251 e. The van der Waals surface area contributed by atoms with Crippen molar-refractivity contribution in [2.24, 2.45) is 5.16 Å². The van der Waals surface area contributed by atoms with Crippen LogP contribution in [-0.4, -0.2) is 43.8 Å². The maximum absolute atomic E-state index is 12.5. The molecule has 6 nitrogen and oxygen atoms in total. The van der Waals surface area contributed by atoms with Gasteiger partial charge in [0.15, 0.2) is 0 Å². The molecule has 0 aliphatic carbocycles. The van der Waals surface area contributed by atoms with Crippen LogP contribution in [0.5, 0.6) is 0 Å². The third-order valence-corrected chi connectivity index (χ3v) is 4.64. The van der Waals surface area contributed by atoms with Crippen LogP contribution < -0.4 is 5.32 Å². The van der Waals surface area contributed by atoms with E-state index in [4.69, 9.17) is 4.42 Å². The summed E-state index contributed by atoms with van der Waals surface area (Å²) in [5.41, 5.74) is 1.50. The van der Waals surface area contributed by atoms with Crippen LogP contribution in [0.15, 0.2) is 52.2 Å². The maximum atomic E-state index is 12.5. The van der Waals surface area contributed by atoms with Crippen molar-refractivity contribution < 1.29 is 14.0 Å². The number of likely N-dealkylation sites (tertiary alicyclic amines) is 1. The van der Waals surface area contributed by atoms with E-state index in [-0.39, 0.29) is 11.9 Å². The molecule has 1 amide bonds. The molecule has 2 heterocycles. The number of benzene rings is 1. The molecule has 6 heteroatoms. The zero-order valence-electron chi connectivity index (χ0n) is 15.1. The average Bonchev–Trinajstić information content (AvgIpc) is 3.22. The predicted molar refractivity (Wildman–Crippen MR) is 100 cm³/mol. The number of nitrogens with one attached hydrogen (secondary N) is 1. The van der Waals surface area contributed by atoms with Gasteiger partial charge in [-0.15, -0.1) is 0 Å². The average molecular weight is 355 g/mol. The highest BCUT2D eigenvalue weighted by Crippen LogP contribution is 2.24. The van der Waals surface area contributed by atoms with Crippen molar-refractivity contribution in [3.8, 4) is 0 Å². The van der Waals surface area contributed by atoms with E-state index in [2.05, 4.69) is 20.2 Å². The van der Waals surface area contributed by atoms with Gasteiger partial charge in [-0.25, -0.2) is 0 Å². The molecule has 3 rings (SSSR count). The van der Waals surface area contributed by atoms with Gasteiger partial charge < -0.3 is 14.6 Å². The lowest BCUT2D eigenvalue weighted by Crippen LogP contribution is -2.40. The first kappa shape index (κ1) is 18.2. The molecule has 1 N–H and O–H groups in total. The summed E-state index contributed by atoms with van der Waals surface area (Å²) in [7, 11) is 1.50. The zero-order chi connectivity index (χ0) is 18.2. The number of furan rings is 1. The van der Waals surface area contributed by atoms with Gasteiger partial charge in [0.25, 0.3) is 5.91 Å². The summed E-state index contributed by atoms with van der Waals surface area (Å²) >= 11 is 0. The molecule has 0 saturated carbocycles. The third kappa shape index (κ3) is 4.73. The molecule has 1 aliphatic heterocycles. The Morgan fingerprint density at radius 1 is 1.27 bits per heavy atom. The molecule has 138 valence electrons. The van der Waals surface area contributed by atoms with E-state index in [9.17, 15) is 4.79 Å². The Morgan fingerprint density at radius 3 is 2.69 bits per heavy atom. The van der Waals surface area contributed by atoms with E-state index in [1.807, 2.05) is 24.3 Å². The number of amides is 1. The number of rotatable bonds is 7. The van der Waals surface area contributed by atoms with E-state index in [0.717, 1.165) is 24.4 Å². The number of carbonyl (C=O) groups is 1. The highest BCUT2D eigenvalue weighted by molar-refractivity contribution is 5.95. The van der Waals surface area contributed by atoms with Crippen molar-refractivity contribution in [3.05, 3.63) is 59.5 Å². The van der Waals surface area contributed by atoms with Crippen molar-refractivity contribution in [1.29, 1.82) is 0 Å². The highest BCUT2D eigenvalue weighted by Gasteiger charge is 2.25. The zero-order valence-corrected chi connectivity index (χ0v) is 15.1. The minimum absolute atomic E-state index is 0.0716. The number of oxime groups is 1. The first-order chi connectivity index (χ1) is 12.8. The normalized spacial score (nSPS) is 16.5. The van der Waals surface area contributed by atoms with Gasteiger partial charge in [0.05, 0.1) is 18.5 Å². The summed E-state index contributed by atoms with van der Waals surface area (Å²) in [6.07, 6.45) is 6.94. The number of carbonyl (C=O) groups excluding carboxylic acids is 1. The van der Waals surface area contributed by atoms with Crippen molar-refractivity contribution in [2.45, 2.75) is 25.3 Å². The number of hydrogen-bond donors (Lipinski definition) is 1. The van der Waals surface area contributed by atoms with E-state index < -0.39 is 0 Å². The van der Waals surface area contributed by atoms with Gasteiger partial charge in [-0.05, 0) is 55.8 Å². The fourth-order valence-corrected chi connectivity index (χ4v) is 3.25. The third-order valence-electron chi connectivity index (χ3n) is 4.64. The number of piperidine rings is 1. The molecule has 0 bridgehead atoms. The van der Waals surface area contributed by atoms with Crippen LogP contribution in [0.25, 0.3) is 0 Å². The van der Waals surface area contributed by atoms with Gasteiger partial charge in [0, 0.05) is 12.1 Å². The van der Waals surface area contributed by atoms with Crippen LogP contribution in [0.4, 0.5) is 0 Å². The van der Waals surface area contributed by atoms with Crippen molar-refractivity contribution in [2.75, 3.05) is 26.7 Å². The lowest BCUT2D eigenvalue weighted by Gasteiger charge is -2.33. The van der Waals surface area contributed by atoms with Gasteiger partial charge >= 0.3 is 0 Å². The molecule has 1 fully saturated rings.